The van der Waals surface area contributed by atoms with Gasteiger partial charge in [0.1, 0.15) is 0 Å². The fourth-order valence-corrected chi connectivity index (χ4v) is 1.51. The second kappa shape index (κ2) is 4.91. The van der Waals surface area contributed by atoms with E-state index in [-0.39, 0.29) is 0 Å². The molecule has 0 aliphatic carbocycles. The second-order valence-electron chi connectivity index (χ2n) is 2.39. The van der Waals surface area contributed by atoms with Gasteiger partial charge >= 0.3 is 0 Å². The Kier molecular flexibility index (Phi) is 3.78. The van der Waals surface area contributed by atoms with Crippen molar-refractivity contribution in [1.82, 2.24) is 4.98 Å². The molecule has 1 aromatic heterocycles. The van der Waals surface area contributed by atoms with Crippen LogP contribution in [-0.4, -0.2) is 10.1 Å². The first-order valence-corrected chi connectivity index (χ1v) is 4.68. The van der Waals surface area contributed by atoms with E-state index in [9.17, 15) is 5.11 Å². The van der Waals surface area contributed by atoms with Crippen molar-refractivity contribution in [2.45, 2.75) is 25.9 Å². The molecule has 64 valence electrons. The van der Waals surface area contributed by atoms with Crippen LogP contribution < -0.4 is 0 Å². The summed E-state index contributed by atoms with van der Waals surface area (Å²) in [5.74, 6) is 5.71. The lowest BCUT2D eigenvalue weighted by atomic mass is 10.2. The molecule has 12 heavy (non-hydrogen) atoms. The number of aliphatic hydroxyl groups is 1. The summed E-state index contributed by atoms with van der Waals surface area (Å²) in [5, 5.41) is 9.54. The van der Waals surface area contributed by atoms with Gasteiger partial charge in [0.05, 0.1) is 16.5 Å². The zero-order chi connectivity index (χ0) is 8.81. The summed E-state index contributed by atoms with van der Waals surface area (Å²) >= 11 is 1.48. The molecule has 0 saturated heterocycles. The zero-order valence-corrected chi connectivity index (χ0v) is 7.77. The van der Waals surface area contributed by atoms with Crippen LogP contribution in [0.25, 0.3) is 0 Å². The van der Waals surface area contributed by atoms with Gasteiger partial charge in [-0.1, -0.05) is 0 Å². The smallest absolute Gasteiger partial charge is 0.0907 e. The summed E-state index contributed by atoms with van der Waals surface area (Å²) in [6.45, 7) is 1.80. The van der Waals surface area contributed by atoms with E-state index in [0.29, 0.717) is 6.42 Å². The van der Waals surface area contributed by atoms with Gasteiger partial charge in [-0.25, -0.2) is 0 Å². The third kappa shape index (κ3) is 2.65. The maximum absolute atomic E-state index is 9.54. The van der Waals surface area contributed by atoms with Gasteiger partial charge in [-0.2, -0.15) is 0 Å². The van der Waals surface area contributed by atoms with Gasteiger partial charge in [0.15, 0.2) is 0 Å². The average Bonchev–Trinajstić information content (AvgIpc) is 2.56. The molecule has 0 bridgehead atoms. The van der Waals surface area contributed by atoms with Crippen LogP contribution in [0.2, 0.25) is 0 Å². The molecule has 0 aliphatic rings. The standard InChI is InChI=1S/C9H11NOS/c1-2-3-4-5-8(11)9-6-10-7-12-9/h6-8,11H,4-5H2,1H3. The van der Waals surface area contributed by atoms with Gasteiger partial charge in [-0.3, -0.25) is 4.98 Å². The summed E-state index contributed by atoms with van der Waals surface area (Å²) in [5.41, 5.74) is 1.73. The van der Waals surface area contributed by atoms with Crippen molar-refractivity contribution in [3.63, 3.8) is 0 Å². The van der Waals surface area contributed by atoms with Crippen LogP contribution >= 0.6 is 11.3 Å². The Morgan fingerprint density at radius 3 is 3.17 bits per heavy atom. The van der Waals surface area contributed by atoms with Crippen molar-refractivity contribution < 1.29 is 5.11 Å². The highest BCUT2D eigenvalue weighted by atomic mass is 32.1. The molecule has 0 spiro atoms. The Balaban J connectivity index is 2.37. The highest BCUT2D eigenvalue weighted by Gasteiger charge is 2.06. The SMILES string of the molecule is CC#CCCC(O)c1cncs1. The number of aliphatic hydroxyl groups excluding tert-OH is 1. The second-order valence-corrected chi connectivity index (χ2v) is 3.30. The van der Waals surface area contributed by atoms with Gasteiger partial charge in [0.25, 0.3) is 0 Å². The molecule has 0 amide bonds. The first kappa shape index (κ1) is 9.24. The summed E-state index contributed by atoms with van der Waals surface area (Å²) in [4.78, 5) is 4.82. The lowest BCUT2D eigenvalue weighted by Crippen LogP contribution is -1.92. The molecule has 1 unspecified atom stereocenters. The molecule has 0 aromatic carbocycles. The molecular formula is C9H11NOS. The molecule has 0 fully saturated rings. The fraction of sp³-hybridized carbons (Fsp3) is 0.444. The molecular weight excluding hydrogens is 170 g/mol. The predicted octanol–water partition coefficient (Wildman–Crippen LogP) is 1.98. The van der Waals surface area contributed by atoms with E-state index >= 15 is 0 Å². The topological polar surface area (TPSA) is 33.1 Å². The summed E-state index contributed by atoms with van der Waals surface area (Å²) < 4.78 is 0. The normalized spacial score (nSPS) is 11.8. The predicted molar refractivity (Wildman–Crippen MR) is 49.8 cm³/mol. The average molecular weight is 181 g/mol. The molecule has 3 heteroatoms. The Morgan fingerprint density at radius 2 is 2.58 bits per heavy atom. The van der Waals surface area contributed by atoms with Crippen LogP contribution in [0.3, 0.4) is 0 Å². The quantitative estimate of drug-likeness (QED) is 0.723. The fourth-order valence-electron chi connectivity index (χ4n) is 0.866. The first-order valence-electron chi connectivity index (χ1n) is 3.80. The minimum atomic E-state index is -0.390. The lowest BCUT2D eigenvalue weighted by molar-refractivity contribution is 0.173. The highest BCUT2D eigenvalue weighted by Crippen LogP contribution is 2.20. The molecule has 1 atom stereocenters. The minimum Gasteiger partial charge on any atom is -0.387 e. The third-order valence-electron chi connectivity index (χ3n) is 1.50. The summed E-state index contributed by atoms with van der Waals surface area (Å²) in [6, 6.07) is 0. The van der Waals surface area contributed by atoms with E-state index in [1.54, 1.807) is 18.6 Å². The van der Waals surface area contributed by atoms with E-state index in [0.717, 1.165) is 11.3 Å². The third-order valence-corrected chi connectivity index (χ3v) is 2.38. The zero-order valence-electron chi connectivity index (χ0n) is 6.95. The molecule has 1 heterocycles. The van der Waals surface area contributed by atoms with E-state index in [1.807, 2.05) is 0 Å². The Morgan fingerprint density at radius 1 is 1.75 bits per heavy atom. The minimum absolute atomic E-state index is 0.390. The number of rotatable bonds is 3. The molecule has 1 aromatic rings. The number of hydrogen-bond acceptors (Lipinski definition) is 3. The maximum atomic E-state index is 9.54. The molecule has 0 radical (unpaired) electrons. The van der Waals surface area contributed by atoms with Crippen molar-refractivity contribution in [2.75, 3.05) is 0 Å². The Bertz CT molecular complexity index is 270. The van der Waals surface area contributed by atoms with Crippen LogP contribution in [0.5, 0.6) is 0 Å². The van der Waals surface area contributed by atoms with Crippen LogP contribution in [0.15, 0.2) is 11.7 Å². The van der Waals surface area contributed by atoms with Crippen LogP contribution in [0, 0.1) is 11.8 Å². The van der Waals surface area contributed by atoms with Crippen molar-refractivity contribution >= 4 is 11.3 Å². The largest absolute Gasteiger partial charge is 0.387 e. The lowest BCUT2D eigenvalue weighted by Gasteiger charge is -2.03. The van der Waals surface area contributed by atoms with Crippen molar-refractivity contribution in [3.05, 3.63) is 16.6 Å². The van der Waals surface area contributed by atoms with Gasteiger partial charge in [-0.05, 0) is 13.3 Å². The number of nitrogens with zero attached hydrogens (tertiary/aromatic N) is 1. The molecule has 1 rings (SSSR count). The van der Waals surface area contributed by atoms with Gasteiger partial charge in [0, 0.05) is 12.6 Å². The number of aromatic nitrogens is 1. The van der Waals surface area contributed by atoms with E-state index in [2.05, 4.69) is 16.8 Å². The van der Waals surface area contributed by atoms with E-state index in [4.69, 9.17) is 0 Å². The molecule has 0 aliphatic heterocycles. The molecule has 2 nitrogen and oxygen atoms in total. The monoisotopic (exact) mass is 181 g/mol. The van der Waals surface area contributed by atoms with Crippen LogP contribution in [0.4, 0.5) is 0 Å². The van der Waals surface area contributed by atoms with Gasteiger partial charge in [0.2, 0.25) is 0 Å². The summed E-state index contributed by atoms with van der Waals surface area (Å²) in [6.07, 6.45) is 2.76. The van der Waals surface area contributed by atoms with Gasteiger partial charge in [-0.15, -0.1) is 23.2 Å². The summed E-state index contributed by atoms with van der Waals surface area (Å²) in [7, 11) is 0. The Labute approximate surface area is 76.3 Å². The number of hydrogen-bond donors (Lipinski definition) is 1. The van der Waals surface area contributed by atoms with Crippen molar-refractivity contribution in [3.8, 4) is 11.8 Å². The first-order chi connectivity index (χ1) is 5.84. The van der Waals surface area contributed by atoms with Crippen molar-refractivity contribution in [2.24, 2.45) is 0 Å². The van der Waals surface area contributed by atoms with Crippen LogP contribution in [0.1, 0.15) is 30.7 Å². The molecule has 1 N–H and O–H groups in total. The number of thiazole rings is 1. The van der Waals surface area contributed by atoms with E-state index in [1.165, 1.54) is 11.3 Å². The van der Waals surface area contributed by atoms with E-state index < -0.39 is 6.10 Å². The Hall–Kier alpha value is -0.850. The highest BCUT2D eigenvalue weighted by molar-refractivity contribution is 7.09. The molecule has 0 saturated carbocycles. The van der Waals surface area contributed by atoms with Crippen LogP contribution in [-0.2, 0) is 0 Å². The maximum Gasteiger partial charge on any atom is 0.0907 e. The van der Waals surface area contributed by atoms with Gasteiger partial charge < -0.3 is 5.11 Å². The van der Waals surface area contributed by atoms with Crippen molar-refractivity contribution in [1.29, 1.82) is 0 Å².